The highest BCUT2D eigenvalue weighted by Gasteiger charge is 2.45. The smallest absolute Gasteiger partial charge is 0.352 e. The van der Waals surface area contributed by atoms with Gasteiger partial charge in [0.05, 0.1) is 29.3 Å². The van der Waals surface area contributed by atoms with E-state index in [0.29, 0.717) is 23.6 Å². The molecule has 4 aromatic rings. The van der Waals surface area contributed by atoms with Gasteiger partial charge in [0.2, 0.25) is 10.0 Å². The van der Waals surface area contributed by atoms with Gasteiger partial charge in [-0.2, -0.15) is 4.31 Å². The van der Waals surface area contributed by atoms with Crippen LogP contribution in [-0.2, 0) is 21.3 Å². The molecule has 0 aliphatic carbocycles. The summed E-state index contributed by atoms with van der Waals surface area (Å²) in [4.78, 5) is 27.6. The molecule has 1 saturated heterocycles. The zero-order valence-electron chi connectivity index (χ0n) is 22.3. The molecule has 0 bridgehead atoms. The summed E-state index contributed by atoms with van der Waals surface area (Å²) in [6.07, 6.45) is 0.263. The Hall–Kier alpha value is -4.15. The van der Waals surface area contributed by atoms with E-state index in [0.717, 1.165) is 11.1 Å². The molecule has 0 amide bonds. The molecule has 3 heterocycles. The van der Waals surface area contributed by atoms with E-state index >= 15 is 0 Å². The van der Waals surface area contributed by atoms with Gasteiger partial charge in [0, 0.05) is 12.1 Å². The third-order valence-corrected chi connectivity index (χ3v) is 9.54. The van der Waals surface area contributed by atoms with Gasteiger partial charge >= 0.3 is 11.4 Å². The maximum Gasteiger partial charge on any atom is 0.352 e. The molecule has 1 fully saturated rings. The van der Waals surface area contributed by atoms with Gasteiger partial charge in [-0.3, -0.25) is 0 Å². The second-order valence-corrected chi connectivity index (χ2v) is 12.0. The molecule has 0 unspecified atom stereocenters. The molecular weight excluding hydrogens is 528 g/mol. The minimum atomic E-state index is -3.92. The molecule has 40 heavy (non-hydrogen) atoms. The quantitative estimate of drug-likeness (QED) is 0.359. The van der Waals surface area contributed by atoms with E-state index in [4.69, 9.17) is 4.74 Å². The van der Waals surface area contributed by atoms with Crippen LogP contribution in [-0.4, -0.2) is 39.8 Å². The fourth-order valence-corrected chi connectivity index (χ4v) is 7.34. The van der Waals surface area contributed by atoms with Crippen molar-refractivity contribution in [2.75, 3.05) is 13.2 Å². The first kappa shape index (κ1) is 26.1. The van der Waals surface area contributed by atoms with Crippen molar-refractivity contribution >= 4 is 10.0 Å². The van der Waals surface area contributed by atoms with Gasteiger partial charge in [0.15, 0.2) is 0 Å². The van der Waals surface area contributed by atoms with Crippen molar-refractivity contribution in [3.8, 4) is 5.69 Å². The van der Waals surface area contributed by atoms with E-state index < -0.39 is 33.5 Å². The van der Waals surface area contributed by atoms with Crippen molar-refractivity contribution in [1.82, 2.24) is 18.2 Å². The van der Waals surface area contributed by atoms with Crippen LogP contribution in [0.2, 0.25) is 0 Å². The van der Waals surface area contributed by atoms with Gasteiger partial charge in [-0.25, -0.2) is 31.9 Å². The average Bonchev–Trinajstić information content (AvgIpc) is 3.22. The number of aromatic nitrogens is 3. The molecule has 206 valence electrons. The summed E-state index contributed by atoms with van der Waals surface area (Å²) >= 11 is 0. The summed E-state index contributed by atoms with van der Waals surface area (Å²) in [5.74, 6) is 0.524. The first-order valence-electron chi connectivity index (χ1n) is 13.3. The fraction of sp³-hybridized carbons (Fsp3) is 0.267. The topological polar surface area (TPSA) is 95.5 Å². The maximum atomic E-state index is 14.1. The molecule has 9 nitrogen and oxygen atoms in total. The van der Waals surface area contributed by atoms with Crippen molar-refractivity contribution < 1.29 is 13.2 Å². The van der Waals surface area contributed by atoms with Crippen LogP contribution >= 0.6 is 0 Å². The number of ether oxygens (including phenoxy) is 1. The Kier molecular flexibility index (Phi) is 6.59. The number of sulfonamides is 1. The average molecular weight is 559 g/mol. The normalized spacial score (nSPS) is 19.2. The first-order valence-corrected chi connectivity index (χ1v) is 14.7. The highest BCUT2D eigenvalue weighted by atomic mass is 32.2. The molecule has 2 aliphatic heterocycles. The molecule has 3 aromatic carbocycles. The van der Waals surface area contributed by atoms with Crippen LogP contribution in [0.15, 0.2) is 111 Å². The predicted molar refractivity (Wildman–Crippen MR) is 151 cm³/mol. The molecule has 0 spiro atoms. The van der Waals surface area contributed by atoms with Gasteiger partial charge in [0.25, 0.3) is 0 Å². The number of para-hydroxylation sites is 1. The van der Waals surface area contributed by atoms with Crippen LogP contribution in [0.25, 0.3) is 5.69 Å². The lowest BCUT2D eigenvalue weighted by molar-refractivity contribution is 0.148. The highest BCUT2D eigenvalue weighted by Crippen LogP contribution is 2.44. The monoisotopic (exact) mass is 558 g/mol. The van der Waals surface area contributed by atoms with Gasteiger partial charge in [-0.15, -0.1) is 0 Å². The van der Waals surface area contributed by atoms with Crippen molar-refractivity contribution in [3.05, 3.63) is 128 Å². The molecule has 0 saturated carbocycles. The molecule has 2 atom stereocenters. The molecule has 2 aliphatic rings. The first-order chi connectivity index (χ1) is 19.3. The molecule has 10 heteroatoms. The second-order valence-electron chi connectivity index (χ2n) is 10.1. The zero-order chi connectivity index (χ0) is 28.0. The molecule has 0 N–H and O–H groups in total. The Morgan fingerprint density at radius 2 is 1.48 bits per heavy atom. The van der Waals surface area contributed by atoms with Gasteiger partial charge < -0.3 is 4.74 Å². The van der Waals surface area contributed by atoms with Crippen LogP contribution in [0.1, 0.15) is 36.6 Å². The summed E-state index contributed by atoms with van der Waals surface area (Å²) in [5.41, 5.74) is 2.02. The maximum absolute atomic E-state index is 14.1. The molecule has 6 rings (SSSR count). The predicted octanol–water partition coefficient (Wildman–Crippen LogP) is 3.79. The number of piperidine rings is 1. The Labute approximate surface area is 232 Å². The minimum Gasteiger partial charge on any atom is -0.496 e. The summed E-state index contributed by atoms with van der Waals surface area (Å²) < 4.78 is 39.8. The number of fused-ring (bicyclic) bond motifs is 3. The van der Waals surface area contributed by atoms with Gasteiger partial charge in [-0.1, -0.05) is 66.2 Å². The lowest BCUT2D eigenvalue weighted by Crippen LogP contribution is -2.48. The number of benzene rings is 3. The van der Waals surface area contributed by atoms with E-state index in [-0.39, 0.29) is 24.4 Å². The highest BCUT2D eigenvalue weighted by molar-refractivity contribution is 7.89. The summed E-state index contributed by atoms with van der Waals surface area (Å²) in [7, 11) is -3.92. The number of hydrogen-bond acceptors (Lipinski definition) is 5. The lowest BCUT2D eigenvalue weighted by atomic mass is 9.89. The van der Waals surface area contributed by atoms with E-state index in [9.17, 15) is 18.0 Å². The Balaban J connectivity index is 1.53. The largest absolute Gasteiger partial charge is 0.496 e. The molecule has 1 aromatic heterocycles. The van der Waals surface area contributed by atoms with Crippen molar-refractivity contribution in [2.45, 2.75) is 43.8 Å². The lowest BCUT2D eigenvalue weighted by Gasteiger charge is -2.43. The number of aryl methyl sites for hydroxylation is 1. The van der Waals surface area contributed by atoms with E-state index in [1.807, 2.05) is 50.2 Å². The second kappa shape index (κ2) is 10.1. The van der Waals surface area contributed by atoms with Crippen molar-refractivity contribution in [3.63, 3.8) is 0 Å². The van der Waals surface area contributed by atoms with Crippen LogP contribution in [0.3, 0.4) is 0 Å². The fourth-order valence-electron chi connectivity index (χ4n) is 5.74. The summed E-state index contributed by atoms with van der Waals surface area (Å²) in [6.45, 7) is 4.18. The van der Waals surface area contributed by atoms with Crippen LogP contribution in [0, 0.1) is 6.92 Å². The summed E-state index contributed by atoms with van der Waals surface area (Å²) in [5, 5.41) is 0. The van der Waals surface area contributed by atoms with Crippen LogP contribution < -0.4 is 11.4 Å². The number of hydrogen-bond donors (Lipinski definition) is 0. The van der Waals surface area contributed by atoms with Crippen molar-refractivity contribution in [1.29, 1.82) is 0 Å². The van der Waals surface area contributed by atoms with E-state index in [1.165, 1.54) is 18.2 Å². The number of nitrogens with zero attached hydrogens (tertiary/aromatic N) is 4. The third-order valence-electron chi connectivity index (χ3n) is 7.67. The number of allylic oxidation sites excluding steroid dienone is 1. The zero-order valence-corrected chi connectivity index (χ0v) is 23.1. The molecular formula is C30H30N4O5S. The van der Waals surface area contributed by atoms with E-state index in [2.05, 4.69) is 0 Å². The minimum absolute atomic E-state index is 0.0346. The van der Waals surface area contributed by atoms with Crippen molar-refractivity contribution in [2.24, 2.45) is 0 Å². The Morgan fingerprint density at radius 3 is 2.12 bits per heavy atom. The molecule has 0 radical (unpaired) electrons. The standard InChI is InChI=1S/C30H30N4O5S/c1-3-39-28-20-31-29(35)33(23-12-8-5-9-13-23)30(36)34(31)27-18-26(22-10-6-4-7-11-22)32(19-25(27)28)40(37,38)24-16-14-21(2)15-17-24/h4-17,26-27H,3,18-20H2,1-2H3/t26-,27+/m0/s1. The third kappa shape index (κ3) is 4.24. The van der Waals surface area contributed by atoms with E-state index in [1.54, 1.807) is 48.5 Å². The van der Waals surface area contributed by atoms with Crippen LogP contribution in [0.4, 0.5) is 0 Å². The Bertz CT molecular complexity index is 1800. The Morgan fingerprint density at radius 1 is 0.825 bits per heavy atom. The SMILES string of the molecule is CCOC1=C2CN(S(=O)(=O)c3ccc(C)cc3)[C@H](c3ccccc3)C[C@H]2n2c(=O)n(-c3ccccc3)c(=O)n2C1. The van der Waals surface area contributed by atoms with Gasteiger partial charge in [-0.05, 0) is 50.1 Å². The van der Waals surface area contributed by atoms with Crippen LogP contribution in [0.5, 0.6) is 0 Å². The number of rotatable bonds is 6. The van der Waals surface area contributed by atoms with Gasteiger partial charge in [0.1, 0.15) is 12.3 Å². The summed E-state index contributed by atoms with van der Waals surface area (Å²) in [6, 6.07) is 23.9.